The third-order valence-corrected chi connectivity index (χ3v) is 1.59. The van der Waals surface area contributed by atoms with Crippen molar-refractivity contribution in [3.63, 3.8) is 0 Å². The number of pyridine rings is 1. The Morgan fingerprint density at radius 3 is 2.92 bits per heavy atom. The fourth-order valence-electron chi connectivity index (χ4n) is 0.650. The van der Waals surface area contributed by atoms with E-state index in [1.165, 1.54) is 12.3 Å². The van der Waals surface area contributed by atoms with Crippen molar-refractivity contribution in [2.45, 2.75) is 0 Å². The number of nitrogens with zero attached hydrogens (tertiary/aromatic N) is 2. The van der Waals surface area contributed by atoms with Gasteiger partial charge in [-0.1, -0.05) is 5.16 Å². The number of amidine groups is 1. The van der Waals surface area contributed by atoms with Gasteiger partial charge in [0.15, 0.2) is 11.7 Å². The number of hydrogen-bond acceptors (Lipinski definition) is 3. The molecule has 0 aliphatic rings. The average Bonchev–Trinajstić information content (AvgIpc) is 2.03. The van der Waals surface area contributed by atoms with E-state index in [0.29, 0.717) is 4.47 Å². The highest BCUT2D eigenvalue weighted by atomic mass is 79.9. The zero-order valence-electron chi connectivity index (χ0n) is 5.83. The summed E-state index contributed by atoms with van der Waals surface area (Å²) in [5.74, 6) is -0.986. The van der Waals surface area contributed by atoms with Crippen molar-refractivity contribution in [1.82, 2.24) is 4.98 Å². The van der Waals surface area contributed by atoms with Crippen LogP contribution in [0, 0.1) is 5.82 Å². The van der Waals surface area contributed by atoms with Gasteiger partial charge in [0.05, 0.1) is 0 Å². The van der Waals surface area contributed by atoms with E-state index >= 15 is 0 Å². The van der Waals surface area contributed by atoms with Crippen LogP contribution in [0.25, 0.3) is 0 Å². The summed E-state index contributed by atoms with van der Waals surface area (Å²) in [4.78, 5) is 3.61. The molecular weight excluding hydrogens is 229 g/mol. The third-order valence-electron chi connectivity index (χ3n) is 1.16. The molecule has 0 radical (unpaired) electrons. The van der Waals surface area contributed by atoms with Gasteiger partial charge in [-0.25, -0.2) is 9.37 Å². The summed E-state index contributed by atoms with van der Waals surface area (Å²) in [5, 5.41) is 10.9. The maximum absolute atomic E-state index is 12.9. The van der Waals surface area contributed by atoms with Crippen LogP contribution in [0.5, 0.6) is 0 Å². The molecule has 0 saturated heterocycles. The SMILES string of the molecule is N/C(=N\O)c1ncc(Br)cc1F. The van der Waals surface area contributed by atoms with E-state index in [2.05, 4.69) is 26.1 Å². The van der Waals surface area contributed by atoms with Crippen molar-refractivity contribution in [2.75, 3.05) is 0 Å². The number of oxime groups is 1. The zero-order chi connectivity index (χ0) is 9.14. The number of aromatic nitrogens is 1. The molecule has 64 valence electrons. The summed E-state index contributed by atoms with van der Waals surface area (Å²) >= 11 is 3.02. The fourth-order valence-corrected chi connectivity index (χ4v) is 0.954. The van der Waals surface area contributed by atoms with Crippen molar-refractivity contribution in [1.29, 1.82) is 0 Å². The summed E-state index contributed by atoms with van der Waals surface area (Å²) in [7, 11) is 0. The van der Waals surface area contributed by atoms with Crippen LogP contribution in [0.4, 0.5) is 4.39 Å². The van der Waals surface area contributed by atoms with Crippen LogP contribution in [-0.2, 0) is 0 Å². The normalized spacial score (nSPS) is 11.7. The van der Waals surface area contributed by atoms with Crippen molar-refractivity contribution in [2.24, 2.45) is 10.9 Å². The summed E-state index contributed by atoms with van der Waals surface area (Å²) < 4.78 is 13.4. The Labute approximate surface area is 76.0 Å². The molecule has 0 aliphatic heterocycles. The van der Waals surface area contributed by atoms with Crippen molar-refractivity contribution < 1.29 is 9.60 Å². The van der Waals surface area contributed by atoms with Gasteiger partial charge in [-0.2, -0.15) is 0 Å². The van der Waals surface area contributed by atoms with Gasteiger partial charge in [-0.3, -0.25) is 0 Å². The molecule has 0 amide bonds. The van der Waals surface area contributed by atoms with Crippen molar-refractivity contribution >= 4 is 21.8 Å². The highest BCUT2D eigenvalue weighted by Gasteiger charge is 2.08. The van der Waals surface area contributed by atoms with Crippen LogP contribution in [0.1, 0.15) is 5.69 Å². The Bertz CT molecular complexity index is 329. The number of rotatable bonds is 1. The lowest BCUT2D eigenvalue weighted by atomic mass is 10.3. The molecule has 0 unspecified atom stereocenters. The van der Waals surface area contributed by atoms with Gasteiger partial charge < -0.3 is 10.9 Å². The summed E-state index contributed by atoms with van der Waals surface area (Å²) in [6.07, 6.45) is 1.36. The fraction of sp³-hybridized carbons (Fsp3) is 0. The average molecular weight is 234 g/mol. The van der Waals surface area contributed by atoms with E-state index in [0.717, 1.165) is 0 Å². The van der Waals surface area contributed by atoms with E-state index in [1.807, 2.05) is 0 Å². The molecule has 6 heteroatoms. The highest BCUT2D eigenvalue weighted by Crippen LogP contribution is 2.11. The Balaban J connectivity index is 3.18. The van der Waals surface area contributed by atoms with Crippen LogP contribution in [0.3, 0.4) is 0 Å². The van der Waals surface area contributed by atoms with Crippen molar-refractivity contribution in [3.8, 4) is 0 Å². The molecule has 1 rings (SSSR count). The maximum Gasteiger partial charge on any atom is 0.191 e. The third kappa shape index (κ3) is 1.70. The van der Waals surface area contributed by atoms with Crippen LogP contribution >= 0.6 is 15.9 Å². The predicted octanol–water partition coefficient (Wildman–Crippen LogP) is 1.08. The second-order valence-corrected chi connectivity index (χ2v) is 2.88. The zero-order valence-corrected chi connectivity index (χ0v) is 7.42. The molecule has 1 aromatic heterocycles. The van der Waals surface area contributed by atoms with Gasteiger partial charge in [0.2, 0.25) is 0 Å². The Kier molecular flexibility index (Phi) is 2.59. The highest BCUT2D eigenvalue weighted by molar-refractivity contribution is 9.10. The maximum atomic E-state index is 12.9. The molecule has 0 saturated carbocycles. The first kappa shape index (κ1) is 8.92. The molecule has 0 atom stereocenters. The van der Waals surface area contributed by atoms with Gasteiger partial charge >= 0.3 is 0 Å². The quantitative estimate of drug-likeness (QED) is 0.330. The lowest BCUT2D eigenvalue weighted by molar-refractivity contribution is 0.318. The second-order valence-electron chi connectivity index (χ2n) is 1.97. The molecule has 4 nitrogen and oxygen atoms in total. The van der Waals surface area contributed by atoms with Crippen LogP contribution in [-0.4, -0.2) is 16.0 Å². The minimum Gasteiger partial charge on any atom is -0.409 e. The van der Waals surface area contributed by atoms with Crippen LogP contribution in [0.15, 0.2) is 21.9 Å². The van der Waals surface area contributed by atoms with Gasteiger partial charge in [0, 0.05) is 10.7 Å². The molecule has 0 aromatic carbocycles. The molecule has 0 spiro atoms. The van der Waals surface area contributed by atoms with E-state index < -0.39 is 5.82 Å². The molecule has 1 aromatic rings. The van der Waals surface area contributed by atoms with Crippen LogP contribution in [0.2, 0.25) is 0 Å². The van der Waals surface area contributed by atoms with E-state index in [4.69, 9.17) is 10.9 Å². The Morgan fingerprint density at radius 1 is 1.75 bits per heavy atom. The molecular formula is C6H5BrFN3O. The monoisotopic (exact) mass is 233 g/mol. The van der Waals surface area contributed by atoms with Crippen molar-refractivity contribution in [3.05, 3.63) is 28.2 Å². The molecule has 1 heterocycles. The standard InChI is InChI=1S/C6H5BrFN3O/c7-3-1-4(8)5(10-2-3)6(9)11-12/h1-2,12H,(H2,9,11). The van der Waals surface area contributed by atoms with Gasteiger partial charge in [-0.15, -0.1) is 0 Å². The Hall–Kier alpha value is -1.17. The van der Waals surface area contributed by atoms with E-state index in [1.54, 1.807) is 0 Å². The first-order valence-corrected chi connectivity index (χ1v) is 3.73. The molecule has 0 aliphatic carbocycles. The molecule has 0 bridgehead atoms. The lowest BCUT2D eigenvalue weighted by Crippen LogP contribution is -2.16. The predicted molar refractivity (Wildman–Crippen MR) is 44.4 cm³/mol. The summed E-state index contributed by atoms with van der Waals surface area (Å²) in [5.41, 5.74) is 4.96. The smallest absolute Gasteiger partial charge is 0.191 e. The molecule has 0 fully saturated rings. The first-order valence-electron chi connectivity index (χ1n) is 2.94. The summed E-state index contributed by atoms with van der Waals surface area (Å²) in [6.45, 7) is 0. The molecule has 3 N–H and O–H groups in total. The Morgan fingerprint density at radius 2 is 2.42 bits per heavy atom. The molecule has 12 heavy (non-hydrogen) atoms. The van der Waals surface area contributed by atoms with E-state index in [-0.39, 0.29) is 11.5 Å². The van der Waals surface area contributed by atoms with Gasteiger partial charge in [-0.05, 0) is 22.0 Å². The summed E-state index contributed by atoms with van der Waals surface area (Å²) in [6, 6.07) is 1.18. The minimum absolute atomic E-state index is 0.166. The van der Waals surface area contributed by atoms with E-state index in [9.17, 15) is 4.39 Å². The largest absolute Gasteiger partial charge is 0.409 e. The minimum atomic E-state index is -0.639. The van der Waals surface area contributed by atoms with Crippen LogP contribution < -0.4 is 5.73 Å². The van der Waals surface area contributed by atoms with Gasteiger partial charge in [0.25, 0.3) is 0 Å². The topological polar surface area (TPSA) is 71.5 Å². The number of nitrogens with two attached hydrogens (primary N) is 1. The lowest BCUT2D eigenvalue weighted by Gasteiger charge is -1.98. The second kappa shape index (κ2) is 3.48. The number of hydrogen-bond donors (Lipinski definition) is 2. The van der Waals surface area contributed by atoms with Gasteiger partial charge in [0.1, 0.15) is 5.69 Å². The first-order chi connectivity index (χ1) is 5.65. The number of halogens is 2.